The molecule has 0 fully saturated rings. The van der Waals surface area contributed by atoms with Gasteiger partial charge in [0, 0.05) is 24.2 Å². The van der Waals surface area contributed by atoms with Gasteiger partial charge in [0.15, 0.2) is 0 Å². The molecule has 1 amide bonds. The Morgan fingerprint density at radius 1 is 1.04 bits per heavy atom. The van der Waals surface area contributed by atoms with Crippen LogP contribution < -0.4 is 0 Å². The lowest BCUT2D eigenvalue weighted by molar-refractivity contribution is -0.137. The molecule has 0 atom stereocenters. The Morgan fingerprint density at radius 2 is 1.75 bits per heavy atom. The summed E-state index contributed by atoms with van der Waals surface area (Å²) < 4.78 is 41.9. The Morgan fingerprint density at radius 3 is 2.50 bits per heavy atom. The first kappa shape index (κ1) is 18.3. The average Bonchev–Trinajstić information content (AvgIpc) is 3.10. The molecular weight excluding hydrogens is 367 g/mol. The zero-order valence-electron chi connectivity index (χ0n) is 15.2. The maximum absolute atomic E-state index is 13.4. The Balaban J connectivity index is 1.65. The van der Waals surface area contributed by atoms with E-state index in [1.807, 2.05) is 25.1 Å². The van der Waals surface area contributed by atoms with Gasteiger partial charge in [-0.3, -0.25) is 4.79 Å². The maximum Gasteiger partial charge on any atom is 0.417 e. The highest BCUT2D eigenvalue weighted by Crippen LogP contribution is 2.37. The van der Waals surface area contributed by atoms with E-state index in [-0.39, 0.29) is 17.3 Å². The molecule has 4 nitrogen and oxygen atoms in total. The lowest BCUT2D eigenvalue weighted by atomic mass is 10.1. The Hall–Kier alpha value is -3.09. The van der Waals surface area contributed by atoms with Gasteiger partial charge in [-0.15, -0.1) is 0 Å². The van der Waals surface area contributed by atoms with Crippen LogP contribution in [-0.2, 0) is 19.3 Å². The van der Waals surface area contributed by atoms with Gasteiger partial charge in [-0.25, -0.2) is 4.98 Å². The molecule has 0 bridgehead atoms. The molecule has 2 aromatic carbocycles. The smallest absolute Gasteiger partial charge is 0.331 e. The number of amides is 1. The fourth-order valence-electron chi connectivity index (χ4n) is 3.58. The molecule has 4 rings (SSSR count). The monoisotopic (exact) mass is 385 g/mol. The molecule has 0 spiro atoms. The van der Waals surface area contributed by atoms with Gasteiger partial charge in [0.05, 0.1) is 24.0 Å². The fourth-order valence-corrected chi connectivity index (χ4v) is 3.58. The van der Waals surface area contributed by atoms with Crippen molar-refractivity contribution in [3.05, 3.63) is 77.1 Å². The number of halogens is 3. The lowest BCUT2D eigenvalue weighted by Crippen LogP contribution is -2.38. The van der Waals surface area contributed by atoms with Crippen molar-refractivity contribution in [2.75, 3.05) is 6.54 Å². The first-order valence-corrected chi connectivity index (χ1v) is 8.92. The minimum absolute atomic E-state index is 0.0555. The summed E-state index contributed by atoms with van der Waals surface area (Å²) in [6.45, 7) is 3.01. The van der Waals surface area contributed by atoms with Crippen LogP contribution in [0.3, 0.4) is 0 Å². The number of carbonyl (C=O) groups excluding carboxylic acids is 1. The van der Waals surface area contributed by atoms with Crippen LogP contribution in [0.2, 0.25) is 0 Å². The topological polar surface area (TPSA) is 38.1 Å². The molecule has 7 heteroatoms. The summed E-state index contributed by atoms with van der Waals surface area (Å²) in [5, 5.41) is 0. The molecule has 1 aromatic heterocycles. The van der Waals surface area contributed by atoms with E-state index in [0.717, 1.165) is 17.3 Å². The quantitative estimate of drug-likeness (QED) is 0.650. The number of hydrogen-bond donors (Lipinski definition) is 0. The number of benzene rings is 2. The van der Waals surface area contributed by atoms with Crippen molar-refractivity contribution >= 4 is 5.91 Å². The molecule has 0 unspecified atom stereocenters. The Labute approximate surface area is 160 Å². The van der Waals surface area contributed by atoms with Crippen LogP contribution in [0.25, 0.3) is 11.4 Å². The summed E-state index contributed by atoms with van der Waals surface area (Å²) in [6, 6.07) is 12.8. The SMILES string of the molecule is Cc1ccccc1C(=O)N1CCn2c(cnc2-c2ccccc2C(F)(F)F)C1. The second kappa shape index (κ2) is 6.82. The van der Waals surface area contributed by atoms with E-state index < -0.39 is 11.7 Å². The summed E-state index contributed by atoms with van der Waals surface area (Å²) in [6.07, 6.45) is -2.90. The Bertz CT molecular complexity index is 1040. The van der Waals surface area contributed by atoms with Gasteiger partial charge < -0.3 is 9.47 Å². The van der Waals surface area contributed by atoms with E-state index in [2.05, 4.69) is 4.98 Å². The van der Waals surface area contributed by atoms with Crippen molar-refractivity contribution in [1.82, 2.24) is 14.5 Å². The van der Waals surface area contributed by atoms with Crippen molar-refractivity contribution in [1.29, 1.82) is 0 Å². The number of aromatic nitrogens is 2. The van der Waals surface area contributed by atoms with Gasteiger partial charge in [-0.05, 0) is 24.6 Å². The number of aryl methyl sites for hydroxylation is 1. The molecule has 144 valence electrons. The highest BCUT2D eigenvalue weighted by Gasteiger charge is 2.35. The van der Waals surface area contributed by atoms with Crippen molar-refractivity contribution < 1.29 is 18.0 Å². The van der Waals surface area contributed by atoms with Crippen LogP contribution in [0.4, 0.5) is 13.2 Å². The normalized spacial score (nSPS) is 14.1. The van der Waals surface area contributed by atoms with E-state index in [4.69, 9.17) is 0 Å². The highest BCUT2D eigenvalue weighted by atomic mass is 19.4. The lowest BCUT2D eigenvalue weighted by Gasteiger charge is -2.29. The molecule has 2 heterocycles. The minimum Gasteiger partial charge on any atom is -0.331 e. The number of rotatable bonds is 2. The van der Waals surface area contributed by atoms with Crippen LogP contribution in [-0.4, -0.2) is 26.9 Å². The molecule has 1 aliphatic heterocycles. The van der Waals surface area contributed by atoms with Gasteiger partial charge in [0.2, 0.25) is 0 Å². The molecule has 0 N–H and O–H groups in total. The summed E-state index contributed by atoms with van der Waals surface area (Å²) >= 11 is 0. The zero-order valence-corrected chi connectivity index (χ0v) is 15.2. The standard InChI is InChI=1S/C21H18F3N3O/c1-14-6-2-3-7-16(14)20(28)26-10-11-27-15(13-26)12-25-19(27)17-8-4-5-9-18(17)21(22,23)24/h2-9,12H,10-11,13H2,1H3. The molecule has 0 saturated heterocycles. The maximum atomic E-state index is 13.4. The van der Waals surface area contributed by atoms with Crippen molar-refractivity contribution in [3.63, 3.8) is 0 Å². The number of alkyl halides is 3. The second-order valence-electron chi connectivity index (χ2n) is 6.81. The van der Waals surface area contributed by atoms with Crippen molar-refractivity contribution in [2.45, 2.75) is 26.2 Å². The molecule has 3 aromatic rings. The van der Waals surface area contributed by atoms with Gasteiger partial charge >= 0.3 is 6.18 Å². The van der Waals surface area contributed by atoms with E-state index in [9.17, 15) is 18.0 Å². The largest absolute Gasteiger partial charge is 0.417 e. The van der Waals surface area contributed by atoms with Gasteiger partial charge in [0.1, 0.15) is 5.82 Å². The molecule has 28 heavy (non-hydrogen) atoms. The third-order valence-electron chi connectivity index (χ3n) is 5.02. The third kappa shape index (κ3) is 3.17. The van der Waals surface area contributed by atoms with Crippen LogP contribution in [0.5, 0.6) is 0 Å². The van der Waals surface area contributed by atoms with Gasteiger partial charge in [-0.1, -0.05) is 36.4 Å². The molecule has 1 aliphatic rings. The predicted octanol–water partition coefficient (Wildman–Crippen LogP) is 4.53. The number of fused-ring (bicyclic) bond motifs is 1. The molecular formula is C21H18F3N3O. The van der Waals surface area contributed by atoms with Crippen LogP contribution in [0.1, 0.15) is 27.2 Å². The van der Waals surface area contributed by atoms with E-state index >= 15 is 0 Å². The summed E-state index contributed by atoms with van der Waals surface area (Å²) in [5.74, 6) is 0.203. The van der Waals surface area contributed by atoms with Crippen molar-refractivity contribution in [2.24, 2.45) is 0 Å². The summed E-state index contributed by atoms with van der Waals surface area (Å²) in [7, 11) is 0. The third-order valence-corrected chi connectivity index (χ3v) is 5.02. The molecule has 0 radical (unpaired) electrons. The number of hydrogen-bond acceptors (Lipinski definition) is 2. The fraction of sp³-hybridized carbons (Fsp3) is 0.238. The zero-order chi connectivity index (χ0) is 19.9. The molecule has 0 saturated carbocycles. The van der Waals surface area contributed by atoms with Crippen LogP contribution >= 0.6 is 0 Å². The number of nitrogens with zero attached hydrogens (tertiary/aromatic N) is 3. The number of imidazole rings is 1. The van der Waals surface area contributed by atoms with Crippen LogP contribution in [0, 0.1) is 6.92 Å². The number of carbonyl (C=O) groups is 1. The van der Waals surface area contributed by atoms with Crippen molar-refractivity contribution in [3.8, 4) is 11.4 Å². The van der Waals surface area contributed by atoms with Gasteiger partial charge in [-0.2, -0.15) is 13.2 Å². The predicted molar refractivity (Wildman–Crippen MR) is 98.6 cm³/mol. The first-order valence-electron chi connectivity index (χ1n) is 8.92. The summed E-state index contributed by atoms with van der Waals surface area (Å²) in [5.41, 5.74) is 1.60. The molecule has 0 aliphatic carbocycles. The summed E-state index contributed by atoms with van der Waals surface area (Å²) in [4.78, 5) is 18.8. The van der Waals surface area contributed by atoms with E-state index in [1.165, 1.54) is 12.1 Å². The average molecular weight is 385 g/mol. The van der Waals surface area contributed by atoms with E-state index in [1.54, 1.807) is 27.8 Å². The van der Waals surface area contributed by atoms with Gasteiger partial charge in [0.25, 0.3) is 5.91 Å². The first-order chi connectivity index (χ1) is 13.4. The highest BCUT2D eigenvalue weighted by molar-refractivity contribution is 5.95. The Kier molecular flexibility index (Phi) is 4.45. The minimum atomic E-state index is -4.45. The second-order valence-corrected chi connectivity index (χ2v) is 6.81. The van der Waals surface area contributed by atoms with Crippen LogP contribution in [0.15, 0.2) is 54.7 Å². The van der Waals surface area contributed by atoms with E-state index in [0.29, 0.717) is 25.2 Å².